The molecule has 4 aromatic rings. The Bertz CT molecular complexity index is 1180. The second-order valence-electron chi connectivity index (χ2n) is 5.52. The zero-order chi connectivity index (χ0) is 18.1. The number of rotatable bonds is 4. The summed E-state index contributed by atoms with van der Waals surface area (Å²) >= 11 is 7.45. The summed E-state index contributed by atoms with van der Waals surface area (Å²) in [5.74, 6) is 1.30. The normalized spacial score (nSPS) is 12.0. The largest absolute Gasteiger partial charge is 0.494 e. The van der Waals surface area contributed by atoms with Gasteiger partial charge in [-0.15, -0.1) is 5.10 Å². The molecule has 4 rings (SSSR count). The molecule has 0 bridgehead atoms. The van der Waals surface area contributed by atoms with Crippen LogP contribution in [0.15, 0.2) is 53.3 Å². The molecular weight excluding hydrogens is 370 g/mol. The average molecular weight is 384 g/mol. The fraction of sp³-hybridized carbons (Fsp3) is 0.105. The van der Waals surface area contributed by atoms with Crippen LogP contribution in [-0.2, 0) is 0 Å². The molecule has 0 radical (unpaired) electrons. The van der Waals surface area contributed by atoms with Gasteiger partial charge < -0.3 is 4.74 Å². The van der Waals surface area contributed by atoms with Crippen molar-refractivity contribution < 1.29 is 4.74 Å². The van der Waals surface area contributed by atoms with Gasteiger partial charge in [-0.25, -0.2) is 0 Å². The molecule has 0 unspecified atom stereocenters. The molecule has 0 saturated carbocycles. The van der Waals surface area contributed by atoms with Crippen molar-refractivity contribution in [2.75, 3.05) is 6.61 Å². The first-order valence-corrected chi connectivity index (χ1v) is 9.24. The van der Waals surface area contributed by atoms with Crippen LogP contribution >= 0.6 is 22.9 Å². The predicted molar refractivity (Wildman–Crippen MR) is 104 cm³/mol. The highest BCUT2D eigenvalue weighted by Gasteiger charge is 2.12. The molecule has 26 heavy (non-hydrogen) atoms. The Kier molecular flexibility index (Phi) is 4.44. The summed E-state index contributed by atoms with van der Waals surface area (Å²) in [7, 11) is 0. The summed E-state index contributed by atoms with van der Waals surface area (Å²) in [5, 5.41) is 4.95. The van der Waals surface area contributed by atoms with Crippen molar-refractivity contribution >= 4 is 34.0 Å². The van der Waals surface area contributed by atoms with E-state index >= 15 is 0 Å². The van der Waals surface area contributed by atoms with Crippen LogP contribution in [0.25, 0.3) is 22.4 Å². The second-order valence-corrected chi connectivity index (χ2v) is 6.94. The Morgan fingerprint density at radius 2 is 1.96 bits per heavy atom. The standard InChI is InChI=1S/C19H14ClN3O2S/c1-2-25-14-9-7-12(8-10-14)17-21-19-23(22-17)18(24)16(26-19)11-13-5-3-4-6-15(13)20/h3-11H,2H2,1H3. The van der Waals surface area contributed by atoms with E-state index in [1.54, 1.807) is 12.1 Å². The van der Waals surface area contributed by atoms with Crippen LogP contribution in [0.1, 0.15) is 12.5 Å². The Balaban J connectivity index is 1.74. The van der Waals surface area contributed by atoms with Crippen LogP contribution in [0.4, 0.5) is 0 Å². The van der Waals surface area contributed by atoms with Gasteiger partial charge in [0, 0.05) is 10.6 Å². The topological polar surface area (TPSA) is 56.5 Å². The minimum atomic E-state index is -0.199. The molecule has 0 N–H and O–H groups in total. The quantitative estimate of drug-likeness (QED) is 0.542. The minimum Gasteiger partial charge on any atom is -0.494 e. The van der Waals surface area contributed by atoms with Crippen molar-refractivity contribution in [3.8, 4) is 17.1 Å². The lowest BCUT2D eigenvalue weighted by Crippen LogP contribution is -2.23. The van der Waals surface area contributed by atoms with Gasteiger partial charge in [-0.3, -0.25) is 4.79 Å². The van der Waals surface area contributed by atoms with E-state index in [-0.39, 0.29) is 5.56 Å². The first kappa shape index (κ1) is 16.8. The first-order chi connectivity index (χ1) is 12.7. The van der Waals surface area contributed by atoms with Gasteiger partial charge in [-0.2, -0.15) is 9.50 Å². The van der Waals surface area contributed by atoms with Gasteiger partial charge in [0.2, 0.25) is 4.96 Å². The molecule has 2 aromatic heterocycles. The van der Waals surface area contributed by atoms with Crippen LogP contribution in [0.5, 0.6) is 5.75 Å². The number of halogens is 1. The summed E-state index contributed by atoms with van der Waals surface area (Å²) in [6.07, 6.45) is 1.77. The van der Waals surface area contributed by atoms with E-state index in [1.165, 1.54) is 15.9 Å². The number of ether oxygens (including phenoxy) is 1. The molecule has 0 atom stereocenters. The minimum absolute atomic E-state index is 0.199. The van der Waals surface area contributed by atoms with E-state index in [0.29, 0.717) is 26.9 Å². The van der Waals surface area contributed by atoms with Crippen molar-refractivity contribution in [3.63, 3.8) is 0 Å². The fourth-order valence-corrected chi connectivity index (χ4v) is 3.65. The molecular formula is C19H14ClN3O2S. The maximum absolute atomic E-state index is 12.6. The number of aromatic nitrogens is 3. The summed E-state index contributed by atoms with van der Waals surface area (Å²) in [6, 6.07) is 14.9. The van der Waals surface area contributed by atoms with Gasteiger partial charge in [0.05, 0.1) is 11.1 Å². The highest BCUT2D eigenvalue weighted by molar-refractivity contribution is 7.15. The molecule has 130 valence electrons. The van der Waals surface area contributed by atoms with Crippen molar-refractivity contribution in [1.82, 2.24) is 14.6 Å². The number of hydrogen-bond acceptors (Lipinski definition) is 5. The Hall–Kier alpha value is -2.70. The molecule has 0 aliphatic rings. The molecule has 0 aliphatic carbocycles. The summed E-state index contributed by atoms with van der Waals surface area (Å²) < 4.78 is 7.31. The Morgan fingerprint density at radius 1 is 1.19 bits per heavy atom. The van der Waals surface area contributed by atoms with Crippen LogP contribution in [0, 0.1) is 0 Å². The Labute approximate surface area is 158 Å². The third-order valence-electron chi connectivity index (χ3n) is 3.80. The number of fused-ring (bicyclic) bond motifs is 1. The lowest BCUT2D eigenvalue weighted by atomic mass is 10.2. The lowest BCUT2D eigenvalue weighted by molar-refractivity contribution is 0.340. The highest BCUT2D eigenvalue weighted by Crippen LogP contribution is 2.20. The molecule has 0 spiro atoms. The Morgan fingerprint density at radius 3 is 2.65 bits per heavy atom. The van der Waals surface area contributed by atoms with E-state index in [9.17, 15) is 4.79 Å². The molecule has 7 heteroatoms. The van der Waals surface area contributed by atoms with Crippen molar-refractivity contribution in [2.24, 2.45) is 0 Å². The molecule has 2 aromatic carbocycles. The molecule has 5 nitrogen and oxygen atoms in total. The van der Waals surface area contributed by atoms with Crippen molar-refractivity contribution in [2.45, 2.75) is 6.92 Å². The first-order valence-electron chi connectivity index (χ1n) is 8.05. The van der Waals surface area contributed by atoms with Crippen LogP contribution < -0.4 is 14.8 Å². The second kappa shape index (κ2) is 6.90. The number of hydrogen-bond donors (Lipinski definition) is 0. The summed E-state index contributed by atoms with van der Waals surface area (Å²) in [4.78, 5) is 17.6. The average Bonchev–Trinajstić information content (AvgIpc) is 3.18. The molecule has 0 aliphatic heterocycles. The molecule has 0 amide bonds. The van der Waals surface area contributed by atoms with Crippen molar-refractivity contribution in [3.05, 3.63) is 74.0 Å². The molecule has 0 saturated heterocycles. The zero-order valence-electron chi connectivity index (χ0n) is 13.8. The predicted octanol–water partition coefficient (Wildman–Crippen LogP) is 3.42. The number of thiazole rings is 1. The lowest BCUT2D eigenvalue weighted by Gasteiger charge is -2.02. The van der Waals surface area contributed by atoms with Crippen LogP contribution in [0.2, 0.25) is 5.02 Å². The van der Waals surface area contributed by atoms with Gasteiger partial charge in [0.1, 0.15) is 5.75 Å². The van der Waals surface area contributed by atoms with Gasteiger partial charge in [0.25, 0.3) is 5.56 Å². The maximum atomic E-state index is 12.6. The van der Waals surface area contributed by atoms with Gasteiger partial charge in [-0.05, 0) is 48.9 Å². The van der Waals surface area contributed by atoms with Crippen LogP contribution in [0.3, 0.4) is 0 Å². The SMILES string of the molecule is CCOc1ccc(-c2nc3sc(=Cc4ccccc4Cl)c(=O)n3n2)cc1. The fourth-order valence-electron chi connectivity index (χ4n) is 2.56. The van der Waals surface area contributed by atoms with E-state index < -0.39 is 0 Å². The maximum Gasteiger partial charge on any atom is 0.291 e. The molecule has 0 fully saturated rings. The number of nitrogens with zero attached hydrogens (tertiary/aromatic N) is 3. The molecule has 2 heterocycles. The monoisotopic (exact) mass is 383 g/mol. The van der Waals surface area contributed by atoms with E-state index in [4.69, 9.17) is 16.3 Å². The van der Waals surface area contributed by atoms with Crippen LogP contribution in [-0.4, -0.2) is 21.2 Å². The van der Waals surface area contributed by atoms with E-state index in [2.05, 4.69) is 10.1 Å². The van der Waals surface area contributed by atoms with Crippen molar-refractivity contribution in [1.29, 1.82) is 0 Å². The summed E-state index contributed by atoms with van der Waals surface area (Å²) in [5.41, 5.74) is 1.43. The van der Waals surface area contributed by atoms with Gasteiger partial charge >= 0.3 is 0 Å². The van der Waals surface area contributed by atoms with Gasteiger partial charge in [0.15, 0.2) is 5.82 Å². The highest BCUT2D eigenvalue weighted by atomic mass is 35.5. The van der Waals surface area contributed by atoms with E-state index in [0.717, 1.165) is 16.9 Å². The van der Waals surface area contributed by atoms with Gasteiger partial charge in [-0.1, -0.05) is 41.1 Å². The third kappa shape index (κ3) is 3.09. The third-order valence-corrected chi connectivity index (χ3v) is 5.10. The van der Waals surface area contributed by atoms with E-state index in [1.807, 2.05) is 49.4 Å². The smallest absolute Gasteiger partial charge is 0.291 e. The number of benzene rings is 2. The summed E-state index contributed by atoms with van der Waals surface area (Å²) in [6.45, 7) is 2.55. The zero-order valence-corrected chi connectivity index (χ0v) is 15.4.